The predicted molar refractivity (Wildman–Crippen MR) is 61.6 cm³/mol. The van der Waals surface area contributed by atoms with Gasteiger partial charge < -0.3 is 10.0 Å². The third-order valence-corrected chi connectivity index (χ3v) is 2.38. The molecule has 0 heterocycles. The van der Waals surface area contributed by atoms with E-state index in [4.69, 9.17) is 10.0 Å². The van der Waals surface area contributed by atoms with E-state index in [0.717, 1.165) is 12.1 Å². The molecule has 17 heavy (non-hydrogen) atoms. The molecule has 1 aromatic rings. The Morgan fingerprint density at radius 3 is 2.24 bits per heavy atom. The van der Waals surface area contributed by atoms with Crippen LogP contribution < -0.4 is 5.46 Å². The Labute approximate surface area is 98.2 Å². The highest BCUT2D eigenvalue weighted by atomic mass is 19.1. The second-order valence-corrected chi connectivity index (χ2v) is 4.74. The number of benzene rings is 1. The second kappa shape index (κ2) is 4.42. The molecule has 0 saturated heterocycles. The van der Waals surface area contributed by atoms with Gasteiger partial charge in [-0.2, -0.15) is 4.39 Å². The third-order valence-electron chi connectivity index (χ3n) is 2.38. The van der Waals surface area contributed by atoms with Gasteiger partial charge in [0.25, 0.3) is 0 Å². The summed E-state index contributed by atoms with van der Waals surface area (Å²) in [5, 5.41) is 28.9. The van der Waals surface area contributed by atoms with Crippen LogP contribution >= 0.6 is 0 Å². The van der Waals surface area contributed by atoms with E-state index in [1.54, 1.807) is 20.8 Å². The van der Waals surface area contributed by atoms with E-state index >= 15 is 0 Å². The van der Waals surface area contributed by atoms with Gasteiger partial charge in [-0.25, -0.2) is 0 Å². The molecule has 0 saturated carbocycles. The minimum Gasteiger partial charge on any atom is -0.423 e. The Balaban J connectivity index is 3.59. The topological polar surface area (TPSA) is 83.6 Å². The first-order valence-electron chi connectivity index (χ1n) is 4.99. The molecule has 2 N–H and O–H groups in total. The fraction of sp³-hybridized carbons (Fsp3) is 0.400. The van der Waals surface area contributed by atoms with Gasteiger partial charge >= 0.3 is 12.8 Å². The SMILES string of the molecule is CC(C)(C)c1c(B(O)O)ccc([N+](=O)[O-])c1F. The van der Waals surface area contributed by atoms with Crippen molar-refractivity contribution >= 4 is 18.3 Å². The summed E-state index contributed by atoms with van der Waals surface area (Å²) in [5.41, 5.74) is -1.54. The Bertz CT molecular complexity index is 456. The van der Waals surface area contributed by atoms with Crippen molar-refractivity contribution in [2.24, 2.45) is 0 Å². The minimum absolute atomic E-state index is 0.0540. The summed E-state index contributed by atoms with van der Waals surface area (Å²) in [5.74, 6) is -1.02. The van der Waals surface area contributed by atoms with E-state index < -0.39 is 29.0 Å². The molecule has 0 aliphatic rings. The van der Waals surface area contributed by atoms with Crippen LogP contribution in [0.2, 0.25) is 0 Å². The van der Waals surface area contributed by atoms with Crippen molar-refractivity contribution in [1.29, 1.82) is 0 Å². The first kappa shape index (κ1) is 13.6. The molecule has 0 aromatic heterocycles. The number of hydrogen-bond donors (Lipinski definition) is 2. The fourth-order valence-corrected chi connectivity index (χ4v) is 1.70. The first-order valence-corrected chi connectivity index (χ1v) is 4.99. The van der Waals surface area contributed by atoms with Crippen molar-refractivity contribution in [2.75, 3.05) is 0 Å². The number of nitro groups is 1. The molecule has 0 amide bonds. The lowest BCUT2D eigenvalue weighted by atomic mass is 9.70. The molecule has 0 aliphatic heterocycles. The zero-order chi connectivity index (χ0) is 13.4. The van der Waals surface area contributed by atoms with E-state index in [-0.39, 0.29) is 11.0 Å². The van der Waals surface area contributed by atoms with E-state index in [1.807, 2.05) is 0 Å². The molecule has 1 rings (SSSR count). The van der Waals surface area contributed by atoms with Crippen LogP contribution in [0.3, 0.4) is 0 Å². The Hall–Kier alpha value is -1.47. The van der Waals surface area contributed by atoms with Crippen molar-refractivity contribution in [3.8, 4) is 0 Å². The highest BCUT2D eigenvalue weighted by Crippen LogP contribution is 2.28. The van der Waals surface area contributed by atoms with E-state index in [2.05, 4.69) is 0 Å². The molecule has 7 heteroatoms. The summed E-state index contributed by atoms with van der Waals surface area (Å²) in [7, 11) is -1.86. The smallest absolute Gasteiger partial charge is 0.423 e. The monoisotopic (exact) mass is 241 g/mol. The van der Waals surface area contributed by atoms with Crippen molar-refractivity contribution < 1.29 is 19.4 Å². The van der Waals surface area contributed by atoms with Crippen LogP contribution in [0.5, 0.6) is 0 Å². The predicted octanol–water partition coefficient (Wildman–Crippen LogP) is 0.711. The molecule has 0 fully saturated rings. The second-order valence-electron chi connectivity index (χ2n) is 4.74. The molecule has 0 atom stereocenters. The molecule has 5 nitrogen and oxygen atoms in total. The van der Waals surface area contributed by atoms with Crippen LogP contribution in [0.25, 0.3) is 0 Å². The minimum atomic E-state index is -1.86. The molecule has 0 unspecified atom stereocenters. The molecular weight excluding hydrogens is 228 g/mol. The van der Waals surface area contributed by atoms with Crippen molar-refractivity contribution in [3.63, 3.8) is 0 Å². The quantitative estimate of drug-likeness (QED) is 0.453. The van der Waals surface area contributed by atoms with Gasteiger partial charge in [-0.3, -0.25) is 10.1 Å². The van der Waals surface area contributed by atoms with Crippen molar-refractivity contribution in [3.05, 3.63) is 33.6 Å². The summed E-state index contributed by atoms with van der Waals surface area (Å²) in [4.78, 5) is 9.79. The number of nitrogens with zero attached hydrogens (tertiary/aromatic N) is 1. The number of halogens is 1. The Morgan fingerprint density at radius 2 is 1.88 bits per heavy atom. The summed E-state index contributed by atoms with van der Waals surface area (Å²) in [6.45, 7) is 4.92. The van der Waals surface area contributed by atoms with Crippen LogP contribution in [0.1, 0.15) is 26.3 Å². The van der Waals surface area contributed by atoms with Gasteiger partial charge in [0.05, 0.1) is 4.92 Å². The largest absolute Gasteiger partial charge is 0.488 e. The number of nitro benzene ring substituents is 1. The zero-order valence-corrected chi connectivity index (χ0v) is 9.77. The molecule has 0 radical (unpaired) electrons. The van der Waals surface area contributed by atoms with Gasteiger partial charge in [-0.15, -0.1) is 0 Å². The van der Waals surface area contributed by atoms with Crippen LogP contribution in [-0.2, 0) is 5.41 Å². The highest BCUT2D eigenvalue weighted by Gasteiger charge is 2.32. The summed E-state index contributed by atoms with van der Waals surface area (Å²) >= 11 is 0. The van der Waals surface area contributed by atoms with Crippen LogP contribution in [0, 0.1) is 15.9 Å². The van der Waals surface area contributed by atoms with Gasteiger partial charge in [0.1, 0.15) is 0 Å². The Kier molecular flexibility index (Phi) is 3.54. The zero-order valence-electron chi connectivity index (χ0n) is 9.77. The lowest BCUT2D eigenvalue weighted by Gasteiger charge is -2.23. The first-order chi connectivity index (χ1) is 7.66. The van der Waals surface area contributed by atoms with Crippen LogP contribution in [0.15, 0.2) is 12.1 Å². The van der Waals surface area contributed by atoms with Crippen molar-refractivity contribution in [2.45, 2.75) is 26.2 Å². The van der Waals surface area contributed by atoms with Crippen molar-refractivity contribution in [1.82, 2.24) is 0 Å². The third kappa shape index (κ3) is 2.62. The fourth-order valence-electron chi connectivity index (χ4n) is 1.70. The van der Waals surface area contributed by atoms with Gasteiger partial charge in [0, 0.05) is 11.6 Å². The average molecular weight is 241 g/mol. The summed E-state index contributed by atoms with van der Waals surface area (Å²) < 4.78 is 14.0. The lowest BCUT2D eigenvalue weighted by molar-refractivity contribution is -0.387. The van der Waals surface area contributed by atoms with E-state index in [1.165, 1.54) is 0 Å². The standard InChI is InChI=1S/C10H13BFNO4/c1-10(2,3)8-6(11(14)15)4-5-7(9(8)12)13(16)17/h4-5,14-15H,1-3H3. The molecule has 0 spiro atoms. The molecular formula is C10H13BFNO4. The Morgan fingerprint density at radius 1 is 1.35 bits per heavy atom. The maximum atomic E-state index is 14.0. The van der Waals surface area contributed by atoms with Crippen LogP contribution in [0.4, 0.5) is 10.1 Å². The summed E-state index contributed by atoms with van der Waals surface area (Å²) in [6, 6.07) is 2.09. The lowest BCUT2D eigenvalue weighted by Crippen LogP contribution is -2.38. The molecule has 0 bridgehead atoms. The van der Waals surface area contributed by atoms with Gasteiger partial charge in [-0.1, -0.05) is 26.8 Å². The molecule has 92 valence electrons. The maximum Gasteiger partial charge on any atom is 0.488 e. The number of rotatable bonds is 2. The number of hydrogen-bond acceptors (Lipinski definition) is 4. The molecule has 0 aliphatic carbocycles. The van der Waals surface area contributed by atoms with Gasteiger partial charge in [0.15, 0.2) is 0 Å². The van der Waals surface area contributed by atoms with Crippen LogP contribution in [-0.4, -0.2) is 22.1 Å². The van der Waals surface area contributed by atoms with Gasteiger partial charge in [0.2, 0.25) is 5.82 Å². The van der Waals surface area contributed by atoms with E-state index in [9.17, 15) is 14.5 Å². The normalized spacial score (nSPS) is 11.4. The van der Waals surface area contributed by atoms with E-state index in [0.29, 0.717) is 0 Å². The summed E-state index contributed by atoms with van der Waals surface area (Å²) in [6.07, 6.45) is 0. The molecule has 1 aromatic carbocycles. The average Bonchev–Trinajstić information content (AvgIpc) is 2.14. The highest BCUT2D eigenvalue weighted by molar-refractivity contribution is 6.59. The van der Waals surface area contributed by atoms with Gasteiger partial charge in [-0.05, 0) is 10.9 Å². The maximum absolute atomic E-state index is 14.0.